The van der Waals surface area contributed by atoms with Crippen molar-refractivity contribution in [3.8, 4) is 11.4 Å². The molecular weight excluding hydrogens is 735 g/mol. The van der Waals surface area contributed by atoms with E-state index < -0.39 is 22.9 Å². The van der Waals surface area contributed by atoms with E-state index in [9.17, 15) is 19.5 Å². The van der Waals surface area contributed by atoms with Crippen molar-refractivity contribution in [1.82, 2.24) is 40.4 Å². The standard InChI is InChI=1S/C38H42Cl2N8O6/c1-53-32-10-8-28(48-25-41-43-44-48)22-29(32)34(49)46-18-12-37(24-46,27-7-9-30(39)31(40)21-27)11-15-45-16-13-38(14-17-45,26-5-3-2-4-6-26)36(52)42-47-19-20-54-33(23-47)35(50)51/h2-10,21-22,25,33H,11-20,23-24H2,1H3,(H,42,52)(H,50,51). The molecule has 284 valence electrons. The maximum Gasteiger partial charge on any atom is 0.334 e. The minimum absolute atomic E-state index is 0.0753. The molecule has 16 heteroatoms. The predicted molar refractivity (Wildman–Crippen MR) is 200 cm³/mol. The van der Waals surface area contributed by atoms with Crippen LogP contribution in [0.4, 0.5) is 0 Å². The summed E-state index contributed by atoms with van der Waals surface area (Å²) in [6, 6.07) is 20.8. The Balaban J connectivity index is 1.08. The van der Waals surface area contributed by atoms with Gasteiger partial charge in [-0.3, -0.25) is 15.0 Å². The fourth-order valence-electron chi connectivity index (χ4n) is 8.00. The first-order valence-electron chi connectivity index (χ1n) is 18.0. The van der Waals surface area contributed by atoms with Gasteiger partial charge in [0.2, 0.25) is 5.91 Å². The van der Waals surface area contributed by atoms with Crippen LogP contribution in [0.3, 0.4) is 0 Å². The number of carbonyl (C=O) groups is 3. The minimum atomic E-state index is -1.05. The molecule has 0 saturated carbocycles. The van der Waals surface area contributed by atoms with Gasteiger partial charge in [-0.2, -0.15) is 0 Å². The fraction of sp³-hybridized carbons (Fsp3) is 0.421. The van der Waals surface area contributed by atoms with Gasteiger partial charge >= 0.3 is 5.97 Å². The molecule has 3 aromatic carbocycles. The number of likely N-dealkylation sites (tertiary alicyclic amines) is 2. The summed E-state index contributed by atoms with van der Waals surface area (Å²) in [5, 5.41) is 23.5. The summed E-state index contributed by atoms with van der Waals surface area (Å²) in [7, 11) is 1.54. The number of tetrazole rings is 1. The molecule has 14 nitrogen and oxygen atoms in total. The molecule has 3 fully saturated rings. The fourth-order valence-corrected chi connectivity index (χ4v) is 8.29. The summed E-state index contributed by atoms with van der Waals surface area (Å²) in [6.45, 7) is 3.76. The normalized spacial score (nSPS) is 21.8. The van der Waals surface area contributed by atoms with Crippen LogP contribution < -0.4 is 10.2 Å². The molecule has 0 spiro atoms. The minimum Gasteiger partial charge on any atom is -0.496 e. The average Bonchev–Trinajstić information content (AvgIpc) is 3.90. The van der Waals surface area contributed by atoms with E-state index in [4.69, 9.17) is 32.7 Å². The van der Waals surface area contributed by atoms with Gasteiger partial charge in [0.25, 0.3) is 5.91 Å². The van der Waals surface area contributed by atoms with Crippen molar-refractivity contribution < 1.29 is 29.0 Å². The highest BCUT2D eigenvalue weighted by Gasteiger charge is 2.46. The second-order valence-electron chi connectivity index (χ2n) is 14.1. The average molecular weight is 778 g/mol. The van der Waals surface area contributed by atoms with Crippen LogP contribution in [-0.2, 0) is 25.2 Å². The molecule has 54 heavy (non-hydrogen) atoms. The predicted octanol–water partition coefficient (Wildman–Crippen LogP) is 4.00. The van der Waals surface area contributed by atoms with Gasteiger partial charge in [0, 0.05) is 25.0 Å². The topological polar surface area (TPSA) is 155 Å². The highest BCUT2D eigenvalue weighted by Crippen LogP contribution is 2.42. The van der Waals surface area contributed by atoms with E-state index in [2.05, 4.69) is 25.9 Å². The number of nitrogens with one attached hydrogen (secondary N) is 1. The number of aliphatic carboxylic acids is 1. The first-order valence-corrected chi connectivity index (χ1v) is 18.7. The summed E-state index contributed by atoms with van der Waals surface area (Å²) in [5.41, 5.74) is 4.84. The molecule has 4 heterocycles. The number of amides is 2. The van der Waals surface area contributed by atoms with E-state index in [-0.39, 0.29) is 25.0 Å². The Kier molecular flexibility index (Phi) is 11.2. The van der Waals surface area contributed by atoms with Crippen LogP contribution in [0.25, 0.3) is 5.69 Å². The Labute approximate surface area is 322 Å². The summed E-state index contributed by atoms with van der Waals surface area (Å²) in [5.74, 6) is -0.895. The third-order valence-electron chi connectivity index (χ3n) is 11.2. The van der Waals surface area contributed by atoms with E-state index in [0.29, 0.717) is 79.0 Å². The molecule has 3 saturated heterocycles. The van der Waals surface area contributed by atoms with Crippen LogP contribution in [0.2, 0.25) is 10.0 Å². The number of benzene rings is 3. The van der Waals surface area contributed by atoms with Crippen LogP contribution >= 0.6 is 23.2 Å². The lowest BCUT2D eigenvalue weighted by molar-refractivity contribution is -0.160. The molecule has 0 aliphatic carbocycles. The van der Waals surface area contributed by atoms with Crippen molar-refractivity contribution in [3.63, 3.8) is 0 Å². The lowest BCUT2D eigenvalue weighted by atomic mass is 9.71. The number of halogens is 2. The quantitative estimate of drug-likeness (QED) is 0.227. The van der Waals surface area contributed by atoms with Crippen molar-refractivity contribution in [2.24, 2.45) is 0 Å². The highest BCUT2D eigenvalue weighted by atomic mass is 35.5. The molecule has 2 unspecified atom stereocenters. The largest absolute Gasteiger partial charge is 0.496 e. The van der Waals surface area contributed by atoms with E-state index >= 15 is 0 Å². The van der Waals surface area contributed by atoms with Gasteiger partial charge in [-0.25, -0.2) is 14.5 Å². The SMILES string of the molecule is COc1ccc(-n2cnnn2)cc1C(=O)N1CCC(CCN2CCC(C(=O)NN3CCOC(C(=O)O)C3)(c3ccccc3)CC2)(c2ccc(Cl)c(Cl)c2)C1. The molecule has 7 rings (SSSR count). The smallest absolute Gasteiger partial charge is 0.334 e. The molecule has 2 amide bonds. The van der Waals surface area contributed by atoms with Crippen LogP contribution in [0, 0.1) is 0 Å². The van der Waals surface area contributed by atoms with E-state index in [1.165, 1.54) is 11.0 Å². The van der Waals surface area contributed by atoms with E-state index in [1.807, 2.05) is 53.4 Å². The molecule has 0 radical (unpaired) electrons. The van der Waals surface area contributed by atoms with Gasteiger partial charge < -0.3 is 24.4 Å². The Morgan fingerprint density at radius 1 is 0.963 bits per heavy atom. The molecule has 3 aliphatic rings. The van der Waals surface area contributed by atoms with Gasteiger partial charge in [0.15, 0.2) is 6.10 Å². The number of rotatable bonds is 11. The number of ether oxygens (including phenoxy) is 2. The monoisotopic (exact) mass is 776 g/mol. The number of carboxylic acid groups (broad SMARTS) is 1. The number of carbonyl (C=O) groups excluding carboxylic acids is 2. The summed E-state index contributed by atoms with van der Waals surface area (Å²) < 4.78 is 12.5. The Morgan fingerprint density at radius 3 is 2.46 bits per heavy atom. The van der Waals surface area contributed by atoms with Gasteiger partial charge in [0.05, 0.1) is 47.0 Å². The number of nitrogens with zero attached hydrogens (tertiary/aromatic N) is 7. The first kappa shape index (κ1) is 37.7. The zero-order chi connectivity index (χ0) is 37.9. The molecule has 1 aromatic heterocycles. The lowest BCUT2D eigenvalue weighted by Gasteiger charge is -2.43. The molecule has 3 aliphatic heterocycles. The van der Waals surface area contributed by atoms with E-state index in [1.54, 1.807) is 30.3 Å². The van der Waals surface area contributed by atoms with Crippen molar-refractivity contribution in [2.45, 2.75) is 42.6 Å². The zero-order valence-corrected chi connectivity index (χ0v) is 31.4. The maximum atomic E-state index is 14.2. The third kappa shape index (κ3) is 7.66. The van der Waals surface area contributed by atoms with Gasteiger partial charge in [-0.05, 0) is 97.2 Å². The number of morpholine rings is 1. The molecular formula is C38H42Cl2N8O6. The lowest BCUT2D eigenvalue weighted by Crippen LogP contribution is -2.59. The summed E-state index contributed by atoms with van der Waals surface area (Å²) in [6.07, 6.45) is 3.09. The third-order valence-corrected chi connectivity index (χ3v) is 11.9. The number of hydrogen-bond donors (Lipinski definition) is 2. The van der Waals surface area contributed by atoms with Crippen molar-refractivity contribution in [3.05, 3.63) is 99.8 Å². The zero-order valence-electron chi connectivity index (χ0n) is 29.9. The number of hydrogen-bond acceptors (Lipinski definition) is 10. The molecule has 4 aromatic rings. The first-order chi connectivity index (χ1) is 26.1. The van der Waals surface area contributed by atoms with Crippen LogP contribution in [-0.4, -0.2) is 124 Å². The van der Waals surface area contributed by atoms with Gasteiger partial charge in [-0.15, -0.1) is 5.10 Å². The highest BCUT2D eigenvalue weighted by molar-refractivity contribution is 6.42. The second-order valence-corrected chi connectivity index (χ2v) is 15.0. The van der Waals surface area contributed by atoms with Crippen LogP contribution in [0.1, 0.15) is 47.2 Å². The van der Waals surface area contributed by atoms with Crippen LogP contribution in [0.15, 0.2) is 73.1 Å². The van der Waals surface area contributed by atoms with Gasteiger partial charge in [-0.1, -0.05) is 59.6 Å². The number of piperidine rings is 1. The number of hydrazine groups is 1. The number of carboxylic acids is 1. The maximum absolute atomic E-state index is 14.2. The van der Waals surface area contributed by atoms with Crippen LogP contribution in [0.5, 0.6) is 5.75 Å². The summed E-state index contributed by atoms with van der Waals surface area (Å²) in [4.78, 5) is 44.2. The molecule has 2 N–H and O–H groups in total. The Bertz CT molecular complexity index is 1980. The summed E-state index contributed by atoms with van der Waals surface area (Å²) >= 11 is 12.9. The Hall–Kier alpha value is -4.60. The van der Waals surface area contributed by atoms with Crippen molar-refractivity contribution >= 4 is 41.0 Å². The Morgan fingerprint density at radius 2 is 1.76 bits per heavy atom. The molecule has 0 bridgehead atoms. The number of aromatic nitrogens is 4. The van der Waals surface area contributed by atoms with E-state index in [0.717, 1.165) is 24.1 Å². The van der Waals surface area contributed by atoms with Crippen molar-refractivity contribution in [1.29, 1.82) is 0 Å². The number of methoxy groups -OCH3 is 1. The van der Waals surface area contributed by atoms with Crippen molar-refractivity contribution in [2.75, 3.05) is 59.5 Å². The van der Waals surface area contributed by atoms with Gasteiger partial charge in [0.1, 0.15) is 12.1 Å². The second kappa shape index (κ2) is 16.0. The molecule has 2 atom stereocenters.